The number of carbonyl (C=O) groups excluding carboxylic acids is 1. The molecule has 1 amide bonds. The first-order valence-corrected chi connectivity index (χ1v) is 10.3. The average Bonchev–Trinajstić information content (AvgIpc) is 2.59. The molecule has 1 saturated heterocycles. The van der Waals surface area contributed by atoms with E-state index in [1.54, 1.807) is 23.1 Å². The molecule has 1 aliphatic rings. The van der Waals surface area contributed by atoms with Crippen molar-refractivity contribution in [3.05, 3.63) is 23.8 Å². The van der Waals surface area contributed by atoms with E-state index in [1.165, 1.54) is 7.11 Å². The molecule has 1 heterocycles. The van der Waals surface area contributed by atoms with Gasteiger partial charge in [-0.05, 0) is 44.4 Å². The number of piperidine rings is 1. The standard InChI is InChI=1S/C17H26N2O5S/c1-4-24-15-9-8-13(11-16(15)23-2)17(20)19-10-6-5-7-14(19)12-18-25(3,21)22/h8-9,11,14,18H,4-7,10,12H2,1-3H3. The Morgan fingerprint density at radius 3 is 2.72 bits per heavy atom. The maximum absolute atomic E-state index is 12.9. The number of carbonyl (C=O) groups is 1. The van der Waals surface area contributed by atoms with Gasteiger partial charge in [0.1, 0.15) is 0 Å². The number of benzene rings is 1. The van der Waals surface area contributed by atoms with Crippen molar-refractivity contribution >= 4 is 15.9 Å². The van der Waals surface area contributed by atoms with Crippen LogP contribution in [0.5, 0.6) is 11.5 Å². The maximum atomic E-state index is 12.9. The van der Waals surface area contributed by atoms with Crippen molar-refractivity contribution in [1.82, 2.24) is 9.62 Å². The van der Waals surface area contributed by atoms with Crippen LogP contribution in [-0.2, 0) is 10.0 Å². The van der Waals surface area contributed by atoms with Gasteiger partial charge in [-0.3, -0.25) is 4.79 Å². The SMILES string of the molecule is CCOc1ccc(C(=O)N2CCCCC2CNS(C)(=O)=O)cc1OC. The zero-order valence-electron chi connectivity index (χ0n) is 14.9. The van der Waals surface area contributed by atoms with Gasteiger partial charge in [-0.25, -0.2) is 13.1 Å². The fourth-order valence-electron chi connectivity index (χ4n) is 2.97. The Morgan fingerprint density at radius 2 is 2.08 bits per heavy atom. The summed E-state index contributed by atoms with van der Waals surface area (Å²) in [5, 5.41) is 0. The van der Waals surface area contributed by atoms with Crippen molar-refractivity contribution in [2.45, 2.75) is 32.2 Å². The summed E-state index contributed by atoms with van der Waals surface area (Å²) in [7, 11) is -1.75. The molecule has 0 radical (unpaired) electrons. The summed E-state index contributed by atoms with van der Waals surface area (Å²) in [4.78, 5) is 14.7. The molecule has 8 heteroatoms. The van der Waals surface area contributed by atoms with E-state index in [-0.39, 0.29) is 18.5 Å². The van der Waals surface area contributed by atoms with Gasteiger partial charge in [-0.1, -0.05) is 0 Å². The Kier molecular flexibility index (Phi) is 6.66. The molecule has 1 aromatic rings. The van der Waals surface area contributed by atoms with Crippen LogP contribution in [0, 0.1) is 0 Å². The lowest BCUT2D eigenvalue weighted by atomic mass is 10.0. The van der Waals surface area contributed by atoms with E-state index in [1.807, 2.05) is 6.92 Å². The number of hydrogen-bond acceptors (Lipinski definition) is 5. The predicted molar refractivity (Wildman–Crippen MR) is 95.7 cm³/mol. The van der Waals surface area contributed by atoms with Crippen LogP contribution in [0.15, 0.2) is 18.2 Å². The summed E-state index contributed by atoms with van der Waals surface area (Å²) in [6.45, 7) is 3.24. The molecular formula is C17H26N2O5S. The number of nitrogens with one attached hydrogen (secondary N) is 1. The molecule has 140 valence electrons. The topological polar surface area (TPSA) is 84.9 Å². The van der Waals surface area contributed by atoms with Gasteiger partial charge in [0, 0.05) is 24.7 Å². The quantitative estimate of drug-likeness (QED) is 0.789. The van der Waals surface area contributed by atoms with E-state index in [9.17, 15) is 13.2 Å². The van der Waals surface area contributed by atoms with Gasteiger partial charge < -0.3 is 14.4 Å². The number of likely N-dealkylation sites (tertiary alicyclic amines) is 1. The first kappa shape index (κ1) is 19.5. The molecule has 0 aliphatic carbocycles. The maximum Gasteiger partial charge on any atom is 0.254 e. The molecule has 0 saturated carbocycles. The Hall–Kier alpha value is -1.80. The summed E-state index contributed by atoms with van der Waals surface area (Å²) >= 11 is 0. The lowest BCUT2D eigenvalue weighted by Crippen LogP contribution is -2.49. The van der Waals surface area contributed by atoms with Crippen LogP contribution in [0.2, 0.25) is 0 Å². The molecule has 1 N–H and O–H groups in total. The van der Waals surface area contributed by atoms with Gasteiger partial charge in [0.15, 0.2) is 11.5 Å². The molecule has 1 atom stereocenters. The molecular weight excluding hydrogens is 344 g/mol. The number of rotatable bonds is 7. The summed E-state index contributed by atoms with van der Waals surface area (Å²) in [5.74, 6) is 0.979. The molecule has 7 nitrogen and oxygen atoms in total. The first-order valence-electron chi connectivity index (χ1n) is 8.42. The van der Waals surface area contributed by atoms with Gasteiger partial charge >= 0.3 is 0 Å². The Bertz CT molecular complexity index is 705. The minimum Gasteiger partial charge on any atom is -0.493 e. The van der Waals surface area contributed by atoms with Crippen LogP contribution >= 0.6 is 0 Å². The van der Waals surface area contributed by atoms with Gasteiger partial charge in [0.05, 0.1) is 20.0 Å². The number of ether oxygens (including phenoxy) is 2. The molecule has 0 aromatic heterocycles. The van der Waals surface area contributed by atoms with Crippen LogP contribution in [-0.4, -0.2) is 58.3 Å². The zero-order chi connectivity index (χ0) is 18.4. The lowest BCUT2D eigenvalue weighted by molar-refractivity contribution is 0.0618. The molecule has 1 unspecified atom stereocenters. The monoisotopic (exact) mass is 370 g/mol. The van der Waals surface area contributed by atoms with Crippen molar-refractivity contribution in [3.8, 4) is 11.5 Å². The van der Waals surface area contributed by atoms with Gasteiger partial charge in [-0.2, -0.15) is 0 Å². The van der Waals surface area contributed by atoms with E-state index >= 15 is 0 Å². The molecule has 2 rings (SSSR count). The Morgan fingerprint density at radius 1 is 1.32 bits per heavy atom. The van der Waals surface area contributed by atoms with Crippen LogP contribution in [0.4, 0.5) is 0 Å². The minimum absolute atomic E-state index is 0.124. The molecule has 1 aliphatic heterocycles. The summed E-state index contributed by atoms with van der Waals surface area (Å²) in [6.07, 6.45) is 3.80. The number of amides is 1. The van der Waals surface area contributed by atoms with Crippen LogP contribution in [0.3, 0.4) is 0 Å². The number of nitrogens with zero attached hydrogens (tertiary/aromatic N) is 1. The van der Waals surface area contributed by atoms with Gasteiger partial charge in [0.2, 0.25) is 10.0 Å². The third-order valence-electron chi connectivity index (χ3n) is 4.18. The van der Waals surface area contributed by atoms with Crippen molar-refractivity contribution < 1.29 is 22.7 Å². The number of sulfonamides is 1. The second-order valence-electron chi connectivity index (χ2n) is 6.07. The number of methoxy groups -OCH3 is 1. The smallest absolute Gasteiger partial charge is 0.254 e. The second-order valence-corrected chi connectivity index (χ2v) is 7.90. The summed E-state index contributed by atoms with van der Waals surface area (Å²) in [5.41, 5.74) is 0.506. The first-order chi connectivity index (χ1) is 11.9. The lowest BCUT2D eigenvalue weighted by Gasteiger charge is -2.36. The normalized spacial score (nSPS) is 18.0. The van der Waals surface area contributed by atoms with Crippen LogP contribution in [0.25, 0.3) is 0 Å². The fraction of sp³-hybridized carbons (Fsp3) is 0.588. The molecule has 0 spiro atoms. The molecule has 1 aromatic carbocycles. The largest absolute Gasteiger partial charge is 0.493 e. The van der Waals surface area contributed by atoms with Gasteiger partial charge in [0.25, 0.3) is 5.91 Å². The Labute approximate surface area is 149 Å². The molecule has 0 bridgehead atoms. The van der Waals surface area contributed by atoms with Crippen molar-refractivity contribution in [2.24, 2.45) is 0 Å². The highest BCUT2D eigenvalue weighted by Gasteiger charge is 2.28. The van der Waals surface area contributed by atoms with Gasteiger partial charge in [-0.15, -0.1) is 0 Å². The van der Waals surface area contributed by atoms with E-state index < -0.39 is 10.0 Å². The Balaban J connectivity index is 2.18. The van der Waals surface area contributed by atoms with Crippen molar-refractivity contribution in [1.29, 1.82) is 0 Å². The highest BCUT2D eigenvalue weighted by molar-refractivity contribution is 7.88. The summed E-state index contributed by atoms with van der Waals surface area (Å²) < 4.78 is 36.0. The van der Waals surface area contributed by atoms with Crippen molar-refractivity contribution in [3.63, 3.8) is 0 Å². The zero-order valence-corrected chi connectivity index (χ0v) is 15.8. The second kappa shape index (κ2) is 8.53. The highest BCUT2D eigenvalue weighted by atomic mass is 32.2. The third kappa shape index (κ3) is 5.34. The highest BCUT2D eigenvalue weighted by Crippen LogP contribution is 2.29. The van der Waals surface area contributed by atoms with Crippen LogP contribution in [0.1, 0.15) is 36.5 Å². The van der Waals surface area contributed by atoms with E-state index in [2.05, 4.69) is 4.72 Å². The number of hydrogen-bond donors (Lipinski definition) is 1. The van der Waals surface area contributed by atoms with E-state index in [0.717, 1.165) is 25.5 Å². The molecule has 1 fully saturated rings. The van der Waals surface area contributed by atoms with Crippen LogP contribution < -0.4 is 14.2 Å². The fourth-order valence-corrected chi connectivity index (χ4v) is 3.46. The summed E-state index contributed by atoms with van der Waals surface area (Å²) in [6, 6.07) is 4.96. The van der Waals surface area contributed by atoms with E-state index in [4.69, 9.17) is 9.47 Å². The van der Waals surface area contributed by atoms with Crippen molar-refractivity contribution in [2.75, 3.05) is 33.1 Å². The molecule has 25 heavy (non-hydrogen) atoms. The minimum atomic E-state index is -3.28. The third-order valence-corrected chi connectivity index (χ3v) is 4.87. The van der Waals surface area contributed by atoms with E-state index in [0.29, 0.717) is 30.2 Å². The predicted octanol–water partition coefficient (Wildman–Crippen LogP) is 1.64. The average molecular weight is 370 g/mol.